The standard InChI is InChI=1S/C18H20BrNO/c1-12-6-4-9-15(16(12)19)20-11-14-8-5-7-13-10-18(2,3)21-17(13)14/h4-9,20H,10-11H2,1-3H3. The van der Waals surface area contributed by atoms with Crippen LogP contribution >= 0.6 is 15.9 Å². The molecule has 0 amide bonds. The number of hydrogen-bond donors (Lipinski definition) is 1. The van der Waals surface area contributed by atoms with Gasteiger partial charge in [0.05, 0.1) is 0 Å². The summed E-state index contributed by atoms with van der Waals surface area (Å²) in [6.45, 7) is 7.14. The van der Waals surface area contributed by atoms with E-state index in [-0.39, 0.29) is 5.60 Å². The first-order valence-corrected chi connectivity index (χ1v) is 8.04. The predicted molar refractivity (Wildman–Crippen MR) is 91.1 cm³/mol. The van der Waals surface area contributed by atoms with Gasteiger partial charge in [-0.15, -0.1) is 0 Å². The van der Waals surface area contributed by atoms with Crippen LogP contribution in [-0.4, -0.2) is 5.60 Å². The summed E-state index contributed by atoms with van der Waals surface area (Å²) in [7, 11) is 0. The third-order valence-electron chi connectivity index (χ3n) is 3.83. The van der Waals surface area contributed by atoms with Crippen molar-refractivity contribution in [3.05, 3.63) is 57.6 Å². The van der Waals surface area contributed by atoms with Crippen molar-refractivity contribution in [2.45, 2.75) is 39.3 Å². The van der Waals surface area contributed by atoms with Crippen molar-refractivity contribution in [3.8, 4) is 5.75 Å². The number of benzene rings is 2. The first-order chi connectivity index (χ1) is 9.96. The molecule has 0 saturated heterocycles. The Balaban J connectivity index is 1.82. The van der Waals surface area contributed by atoms with Crippen LogP contribution in [0.25, 0.3) is 0 Å². The Labute approximate surface area is 134 Å². The molecule has 2 aromatic carbocycles. The number of para-hydroxylation sites is 1. The van der Waals surface area contributed by atoms with Crippen molar-refractivity contribution < 1.29 is 4.74 Å². The molecular weight excluding hydrogens is 326 g/mol. The van der Waals surface area contributed by atoms with Crippen molar-refractivity contribution in [3.63, 3.8) is 0 Å². The van der Waals surface area contributed by atoms with Gasteiger partial charge in [-0.1, -0.05) is 30.3 Å². The van der Waals surface area contributed by atoms with E-state index in [1.165, 1.54) is 16.7 Å². The Morgan fingerprint density at radius 1 is 1.19 bits per heavy atom. The van der Waals surface area contributed by atoms with E-state index in [2.05, 4.69) is 78.4 Å². The zero-order valence-electron chi connectivity index (χ0n) is 12.7. The van der Waals surface area contributed by atoms with Crippen molar-refractivity contribution in [1.29, 1.82) is 0 Å². The molecule has 0 saturated carbocycles. The van der Waals surface area contributed by atoms with E-state index < -0.39 is 0 Å². The average Bonchev–Trinajstić information content (AvgIpc) is 2.75. The third kappa shape index (κ3) is 2.93. The molecule has 0 spiro atoms. The van der Waals surface area contributed by atoms with Crippen molar-refractivity contribution >= 4 is 21.6 Å². The Hall–Kier alpha value is -1.48. The molecule has 0 atom stereocenters. The number of nitrogens with one attached hydrogen (secondary N) is 1. The van der Waals surface area contributed by atoms with Gasteiger partial charge in [-0.05, 0) is 53.9 Å². The van der Waals surface area contributed by atoms with Crippen molar-refractivity contribution in [2.24, 2.45) is 0 Å². The summed E-state index contributed by atoms with van der Waals surface area (Å²) in [5.41, 5.74) is 4.78. The maximum Gasteiger partial charge on any atom is 0.128 e. The minimum Gasteiger partial charge on any atom is -0.487 e. The van der Waals surface area contributed by atoms with Gasteiger partial charge in [0.15, 0.2) is 0 Å². The second-order valence-electron chi connectivity index (χ2n) is 6.23. The number of anilines is 1. The first kappa shape index (κ1) is 14.5. The summed E-state index contributed by atoms with van der Waals surface area (Å²) in [5.74, 6) is 1.05. The van der Waals surface area contributed by atoms with Gasteiger partial charge in [-0.2, -0.15) is 0 Å². The predicted octanol–water partition coefficient (Wildman–Crippen LogP) is 5.08. The highest BCUT2D eigenvalue weighted by Gasteiger charge is 2.31. The van der Waals surface area contributed by atoms with Crippen LogP contribution < -0.4 is 10.1 Å². The molecule has 1 aliphatic rings. The topological polar surface area (TPSA) is 21.3 Å². The maximum absolute atomic E-state index is 6.12. The fourth-order valence-electron chi connectivity index (χ4n) is 2.79. The minimum atomic E-state index is -0.0949. The third-order valence-corrected chi connectivity index (χ3v) is 4.89. The Morgan fingerprint density at radius 2 is 1.95 bits per heavy atom. The van der Waals surface area contributed by atoms with E-state index in [4.69, 9.17) is 4.74 Å². The quantitative estimate of drug-likeness (QED) is 0.837. The Morgan fingerprint density at radius 3 is 2.76 bits per heavy atom. The molecule has 1 heterocycles. The maximum atomic E-state index is 6.12. The minimum absolute atomic E-state index is 0.0949. The molecule has 1 N–H and O–H groups in total. The van der Waals surface area contributed by atoms with E-state index in [9.17, 15) is 0 Å². The van der Waals surface area contributed by atoms with Gasteiger partial charge in [0.1, 0.15) is 11.4 Å². The van der Waals surface area contributed by atoms with Gasteiger partial charge in [0, 0.05) is 28.7 Å². The van der Waals surface area contributed by atoms with Crippen LogP contribution in [-0.2, 0) is 13.0 Å². The van der Waals surface area contributed by atoms with Crippen molar-refractivity contribution in [2.75, 3.05) is 5.32 Å². The molecule has 110 valence electrons. The van der Waals surface area contributed by atoms with Crippen LogP contribution in [0.15, 0.2) is 40.9 Å². The summed E-state index contributed by atoms with van der Waals surface area (Å²) >= 11 is 3.64. The summed E-state index contributed by atoms with van der Waals surface area (Å²) < 4.78 is 7.24. The van der Waals surface area contributed by atoms with Gasteiger partial charge in [-0.25, -0.2) is 0 Å². The number of rotatable bonds is 3. The molecule has 2 aromatic rings. The molecule has 1 aliphatic heterocycles. The van der Waals surface area contributed by atoms with Crippen LogP contribution in [0.4, 0.5) is 5.69 Å². The lowest BCUT2D eigenvalue weighted by atomic mass is 10.0. The summed E-state index contributed by atoms with van der Waals surface area (Å²) in [6.07, 6.45) is 0.977. The normalized spacial score (nSPS) is 15.4. The van der Waals surface area contributed by atoms with Gasteiger partial charge in [0.25, 0.3) is 0 Å². The highest BCUT2D eigenvalue weighted by atomic mass is 79.9. The number of hydrogen-bond acceptors (Lipinski definition) is 2. The number of halogens is 1. The zero-order valence-corrected chi connectivity index (χ0v) is 14.3. The average molecular weight is 346 g/mol. The highest BCUT2D eigenvalue weighted by molar-refractivity contribution is 9.10. The first-order valence-electron chi connectivity index (χ1n) is 7.25. The molecule has 0 radical (unpaired) electrons. The number of ether oxygens (including phenoxy) is 1. The molecule has 21 heavy (non-hydrogen) atoms. The second kappa shape index (κ2) is 5.38. The van der Waals surface area contributed by atoms with E-state index in [0.29, 0.717) is 0 Å². The van der Waals surface area contributed by atoms with Gasteiger partial charge in [0.2, 0.25) is 0 Å². The molecule has 0 aliphatic carbocycles. The lowest BCUT2D eigenvalue weighted by Crippen LogP contribution is -2.25. The summed E-state index contributed by atoms with van der Waals surface area (Å²) in [6, 6.07) is 12.7. The fourth-order valence-corrected chi connectivity index (χ4v) is 3.20. The monoisotopic (exact) mass is 345 g/mol. The molecular formula is C18H20BrNO. The summed E-state index contributed by atoms with van der Waals surface area (Å²) in [4.78, 5) is 0. The van der Waals surface area contributed by atoms with E-state index in [0.717, 1.165) is 28.9 Å². The Bertz CT molecular complexity index is 679. The van der Waals surface area contributed by atoms with Gasteiger partial charge >= 0.3 is 0 Å². The fraction of sp³-hybridized carbons (Fsp3) is 0.333. The largest absolute Gasteiger partial charge is 0.487 e. The van der Waals surface area contributed by atoms with E-state index in [1.807, 2.05) is 0 Å². The SMILES string of the molecule is Cc1cccc(NCc2cccc3c2OC(C)(C)C3)c1Br. The van der Waals surface area contributed by atoms with Crippen LogP contribution in [0.3, 0.4) is 0 Å². The number of aryl methyl sites for hydroxylation is 1. The van der Waals surface area contributed by atoms with E-state index in [1.54, 1.807) is 0 Å². The molecule has 0 aromatic heterocycles. The van der Waals surface area contributed by atoms with Crippen LogP contribution in [0.2, 0.25) is 0 Å². The van der Waals surface area contributed by atoms with Crippen molar-refractivity contribution in [1.82, 2.24) is 0 Å². The molecule has 0 bridgehead atoms. The van der Waals surface area contributed by atoms with E-state index >= 15 is 0 Å². The van der Waals surface area contributed by atoms with Crippen LogP contribution in [0.5, 0.6) is 5.75 Å². The highest BCUT2D eigenvalue weighted by Crippen LogP contribution is 2.38. The number of fused-ring (bicyclic) bond motifs is 1. The van der Waals surface area contributed by atoms with Crippen LogP contribution in [0, 0.1) is 6.92 Å². The molecule has 0 unspecified atom stereocenters. The molecule has 0 fully saturated rings. The Kier molecular flexibility index (Phi) is 3.70. The molecule has 3 heteroatoms. The van der Waals surface area contributed by atoms with Gasteiger partial charge in [-0.3, -0.25) is 0 Å². The lowest BCUT2D eigenvalue weighted by molar-refractivity contribution is 0.137. The lowest BCUT2D eigenvalue weighted by Gasteiger charge is -2.18. The molecule has 2 nitrogen and oxygen atoms in total. The summed E-state index contributed by atoms with van der Waals surface area (Å²) in [5, 5.41) is 3.50. The smallest absolute Gasteiger partial charge is 0.128 e. The van der Waals surface area contributed by atoms with Gasteiger partial charge < -0.3 is 10.1 Å². The molecule has 3 rings (SSSR count). The second-order valence-corrected chi connectivity index (χ2v) is 7.03. The zero-order chi connectivity index (χ0) is 15.0. The van der Waals surface area contributed by atoms with Crippen LogP contribution in [0.1, 0.15) is 30.5 Å².